The van der Waals surface area contributed by atoms with Crippen LogP contribution in [0.5, 0.6) is 0 Å². The van der Waals surface area contributed by atoms with E-state index in [4.69, 9.17) is 23.8 Å². The average Bonchev–Trinajstić information content (AvgIpc) is 3.22. The van der Waals surface area contributed by atoms with Crippen LogP contribution in [-0.4, -0.2) is 31.8 Å². The summed E-state index contributed by atoms with van der Waals surface area (Å²) in [6.07, 6.45) is 0.986. The number of thioether (sulfide) groups is 1. The molecule has 32 heavy (non-hydrogen) atoms. The summed E-state index contributed by atoms with van der Waals surface area (Å²) in [5.74, 6) is 0.0539. The smallest absolute Gasteiger partial charge is 0.236 e. The number of anilines is 1. The third-order valence-electron chi connectivity index (χ3n) is 4.65. The standard InChI is InChI=1S/C23H20ClN5OS2/c1-2-15-3-8-18(9-4-15)29-27-20-12-7-17(13-21(20)28-29)25-23(31)26-22(30)14-32-19-10-5-16(24)6-11-19/h3-13H,2,14H2,1H3,(H2,25,26,30,31). The number of amides is 1. The molecular formula is C23H20ClN5OS2. The molecule has 0 aliphatic carbocycles. The zero-order valence-corrected chi connectivity index (χ0v) is 19.6. The van der Waals surface area contributed by atoms with E-state index in [1.807, 2.05) is 42.5 Å². The van der Waals surface area contributed by atoms with Gasteiger partial charge < -0.3 is 10.6 Å². The molecule has 0 bridgehead atoms. The van der Waals surface area contributed by atoms with Crippen molar-refractivity contribution in [3.8, 4) is 5.69 Å². The zero-order chi connectivity index (χ0) is 22.5. The number of benzene rings is 3. The Morgan fingerprint density at radius 1 is 1.03 bits per heavy atom. The second-order valence-electron chi connectivity index (χ2n) is 6.96. The average molecular weight is 482 g/mol. The minimum absolute atomic E-state index is 0.190. The highest BCUT2D eigenvalue weighted by Gasteiger charge is 2.09. The Bertz CT molecular complexity index is 1260. The molecule has 1 aromatic heterocycles. The van der Waals surface area contributed by atoms with Crippen LogP contribution in [0.4, 0.5) is 5.69 Å². The van der Waals surface area contributed by atoms with Crippen molar-refractivity contribution in [1.82, 2.24) is 20.3 Å². The van der Waals surface area contributed by atoms with E-state index in [0.29, 0.717) is 5.02 Å². The van der Waals surface area contributed by atoms with Crippen molar-refractivity contribution in [2.24, 2.45) is 0 Å². The predicted octanol–water partition coefficient (Wildman–Crippen LogP) is 5.24. The fourth-order valence-electron chi connectivity index (χ4n) is 2.98. The molecule has 6 nitrogen and oxygen atoms in total. The van der Waals surface area contributed by atoms with Crippen LogP contribution in [0.15, 0.2) is 71.6 Å². The number of hydrogen-bond donors (Lipinski definition) is 2. The van der Waals surface area contributed by atoms with Gasteiger partial charge in [-0.05, 0) is 78.8 Å². The fourth-order valence-corrected chi connectivity index (χ4v) is 4.03. The summed E-state index contributed by atoms with van der Waals surface area (Å²) in [7, 11) is 0. The summed E-state index contributed by atoms with van der Waals surface area (Å²) in [6, 6.07) is 21.0. The topological polar surface area (TPSA) is 71.8 Å². The highest BCUT2D eigenvalue weighted by Crippen LogP contribution is 2.20. The molecule has 0 saturated heterocycles. The van der Waals surface area contributed by atoms with Crippen LogP contribution in [-0.2, 0) is 11.2 Å². The monoisotopic (exact) mass is 481 g/mol. The Morgan fingerprint density at radius 3 is 2.47 bits per heavy atom. The zero-order valence-electron chi connectivity index (χ0n) is 17.2. The Kier molecular flexibility index (Phi) is 7.04. The first-order chi connectivity index (χ1) is 15.5. The lowest BCUT2D eigenvalue weighted by molar-refractivity contribution is -0.117. The Labute approximate surface area is 200 Å². The van der Waals surface area contributed by atoms with Gasteiger partial charge in [0.2, 0.25) is 5.91 Å². The number of nitrogens with zero attached hydrogens (tertiary/aromatic N) is 3. The molecule has 0 atom stereocenters. The Hall–Kier alpha value is -2.94. The van der Waals surface area contributed by atoms with Crippen LogP contribution < -0.4 is 10.6 Å². The first-order valence-electron chi connectivity index (χ1n) is 9.96. The Morgan fingerprint density at radius 2 is 1.75 bits per heavy atom. The van der Waals surface area contributed by atoms with Crippen LogP contribution in [0, 0.1) is 0 Å². The van der Waals surface area contributed by atoms with Crippen molar-refractivity contribution < 1.29 is 4.79 Å². The highest BCUT2D eigenvalue weighted by atomic mass is 35.5. The lowest BCUT2D eigenvalue weighted by Gasteiger charge is -2.09. The van der Waals surface area contributed by atoms with Gasteiger partial charge in [-0.2, -0.15) is 4.80 Å². The van der Waals surface area contributed by atoms with Crippen molar-refractivity contribution >= 4 is 63.3 Å². The maximum atomic E-state index is 12.2. The molecule has 0 spiro atoms. The number of carbonyl (C=O) groups is 1. The quantitative estimate of drug-likeness (QED) is 0.290. The molecule has 3 aromatic carbocycles. The second kappa shape index (κ2) is 10.1. The molecule has 4 rings (SSSR count). The molecule has 4 aromatic rings. The second-order valence-corrected chi connectivity index (χ2v) is 8.85. The van der Waals surface area contributed by atoms with Gasteiger partial charge >= 0.3 is 0 Å². The van der Waals surface area contributed by atoms with Crippen LogP contribution in [0.1, 0.15) is 12.5 Å². The fraction of sp³-hybridized carbons (Fsp3) is 0.130. The number of halogens is 1. The minimum atomic E-state index is -0.190. The summed E-state index contributed by atoms with van der Waals surface area (Å²) >= 11 is 12.6. The van der Waals surface area contributed by atoms with Gasteiger partial charge in [-0.25, -0.2) is 0 Å². The molecule has 0 saturated carbocycles. The lowest BCUT2D eigenvalue weighted by Crippen LogP contribution is -2.35. The predicted molar refractivity (Wildman–Crippen MR) is 135 cm³/mol. The molecule has 0 aliphatic rings. The number of nitrogens with one attached hydrogen (secondary N) is 2. The van der Waals surface area contributed by atoms with Crippen molar-refractivity contribution in [2.45, 2.75) is 18.2 Å². The van der Waals surface area contributed by atoms with Crippen LogP contribution in [0.3, 0.4) is 0 Å². The van der Waals surface area contributed by atoms with E-state index in [-0.39, 0.29) is 16.8 Å². The third-order valence-corrected chi connectivity index (χ3v) is 6.12. The first kappa shape index (κ1) is 22.3. The molecule has 0 unspecified atom stereocenters. The molecular weight excluding hydrogens is 462 g/mol. The van der Waals surface area contributed by atoms with E-state index in [2.05, 4.69) is 39.9 Å². The molecule has 0 aliphatic heterocycles. The maximum absolute atomic E-state index is 12.2. The van der Waals surface area contributed by atoms with E-state index in [0.717, 1.165) is 33.7 Å². The van der Waals surface area contributed by atoms with E-state index in [1.165, 1.54) is 17.3 Å². The van der Waals surface area contributed by atoms with Gasteiger partial charge in [-0.1, -0.05) is 30.7 Å². The highest BCUT2D eigenvalue weighted by molar-refractivity contribution is 8.00. The molecule has 0 fully saturated rings. The molecule has 9 heteroatoms. The largest absolute Gasteiger partial charge is 0.332 e. The number of aromatic nitrogens is 3. The maximum Gasteiger partial charge on any atom is 0.236 e. The minimum Gasteiger partial charge on any atom is -0.332 e. The van der Waals surface area contributed by atoms with Gasteiger partial charge in [-0.3, -0.25) is 4.79 Å². The van der Waals surface area contributed by atoms with Gasteiger partial charge in [0.05, 0.1) is 11.4 Å². The number of carbonyl (C=O) groups excluding carboxylic acids is 1. The van der Waals surface area contributed by atoms with Crippen LogP contribution in [0.2, 0.25) is 5.02 Å². The van der Waals surface area contributed by atoms with Crippen molar-refractivity contribution in [2.75, 3.05) is 11.1 Å². The van der Waals surface area contributed by atoms with E-state index < -0.39 is 0 Å². The molecule has 0 radical (unpaired) electrons. The van der Waals surface area contributed by atoms with Gasteiger partial charge in [0, 0.05) is 15.6 Å². The summed E-state index contributed by atoms with van der Waals surface area (Å²) in [5.41, 5.74) is 4.38. The SMILES string of the molecule is CCc1ccc(-n2nc3ccc(NC(=S)NC(=O)CSc4ccc(Cl)cc4)cc3n2)cc1. The van der Waals surface area contributed by atoms with Crippen molar-refractivity contribution in [3.05, 3.63) is 77.3 Å². The van der Waals surface area contributed by atoms with Crippen molar-refractivity contribution in [1.29, 1.82) is 0 Å². The summed E-state index contributed by atoms with van der Waals surface area (Å²) < 4.78 is 0. The lowest BCUT2D eigenvalue weighted by atomic mass is 10.2. The molecule has 2 N–H and O–H groups in total. The number of hydrogen-bond acceptors (Lipinski definition) is 5. The number of aryl methyl sites for hydroxylation is 1. The number of thiocarbonyl (C=S) groups is 1. The molecule has 162 valence electrons. The van der Waals surface area contributed by atoms with Crippen LogP contribution >= 0.6 is 35.6 Å². The van der Waals surface area contributed by atoms with Crippen LogP contribution in [0.25, 0.3) is 16.7 Å². The number of rotatable bonds is 6. The summed E-state index contributed by atoms with van der Waals surface area (Å²) in [4.78, 5) is 14.8. The molecule has 1 heterocycles. The van der Waals surface area contributed by atoms with E-state index >= 15 is 0 Å². The van der Waals surface area contributed by atoms with Gasteiger partial charge in [0.25, 0.3) is 0 Å². The number of fused-ring (bicyclic) bond motifs is 1. The van der Waals surface area contributed by atoms with Gasteiger partial charge in [-0.15, -0.1) is 22.0 Å². The first-order valence-corrected chi connectivity index (χ1v) is 11.7. The molecule has 1 amide bonds. The summed E-state index contributed by atoms with van der Waals surface area (Å²) in [6.45, 7) is 2.12. The van der Waals surface area contributed by atoms with E-state index in [9.17, 15) is 4.79 Å². The van der Waals surface area contributed by atoms with Gasteiger partial charge in [0.15, 0.2) is 5.11 Å². The summed E-state index contributed by atoms with van der Waals surface area (Å²) in [5, 5.41) is 15.7. The van der Waals surface area contributed by atoms with Gasteiger partial charge in [0.1, 0.15) is 11.0 Å². The Balaban J connectivity index is 1.36. The van der Waals surface area contributed by atoms with Crippen molar-refractivity contribution in [3.63, 3.8) is 0 Å². The van der Waals surface area contributed by atoms with E-state index in [1.54, 1.807) is 16.9 Å². The third kappa shape index (κ3) is 5.64. The normalized spacial score (nSPS) is 10.8.